The Morgan fingerprint density at radius 3 is 2.69 bits per heavy atom. The standard InChI is InChI=1S/C7H12ClN3OS/c1-4(3-12)5(2)9-7-6(8)10-13-11-7/h4-5,12H,3H2,1-2H3,(H,9,11). The molecule has 2 atom stereocenters. The number of nitrogens with one attached hydrogen (secondary N) is 1. The molecule has 0 fully saturated rings. The summed E-state index contributed by atoms with van der Waals surface area (Å²) in [6.07, 6.45) is 0. The first-order chi connectivity index (χ1) is 6.15. The number of hydrogen-bond donors (Lipinski definition) is 2. The van der Waals surface area contributed by atoms with Crippen molar-refractivity contribution in [2.24, 2.45) is 5.92 Å². The van der Waals surface area contributed by atoms with Crippen molar-refractivity contribution in [3.05, 3.63) is 5.15 Å². The van der Waals surface area contributed by atoms with Crippen LogP contribution in [0.3, 0.4) is 0 Å². The Balaban J connectivity index is 2.54. The van der Waals surface area contributed by atoms with Crippen molar-refractivity contribution in [2.45, 2.75) is 19.9 Å². The Hall–Kier alpha value is -0.390. The highest BCUT2D eigenvalue weighted by molar-refractivity contribution is 6.99. The summed E-state index contributed by atoms with van der Waals surface area (Å²) in [5.41, 5.74) is 0. The fraction of sp³-hybridized carbons (Fsp3) is 0.714. The van der Waals surface area contributed by atoms with E-state index < -0.39 is 0 Å². The monoisotopic (exact) mass is 221 g/mol. The molecule has 0 saturated heterocycles. The first kappa shape index (κ1) is 10.7. The molecule has 1 aromatic heterocycles. The van der Waals surface area contributed by atoms with Gasteiger partial charge in [0.1, 0.15) is 0 Å². The molecule has 1 heterocycles. The zero-order valence-electron chi connectivity index (χ0n) is 7.49. The molecule has 2 unspecified atom stereocenters. The van der Waals surface area contributed by atoms with Gasteiger partial charge in [-0.15, -0.1) is 0 Å². The minimum atomic E-state index is 0.131. The maximum absolute atomic E-state index is 8.90. The highest BCUT2D eigenvalue weighted by Gasteiger charge is 2.14. The lowest BCUT2D eigenvalue weighted by Crippen LogP contribution is -2.26. The van der Waals surface area contributed by atoms with E-state index in [-0.39, 0.29) is 18.6 Å². The van der Waals surface area contributed by atoms with Crippen LogP contribution in [-0.2, 0) is 0 Å². The van der Waals surface area contributed by atoms with E-state index in [0.29, 0.717) is 11.0 Å². The summed E-state index contributed by atoms with van der Waals surface area (Å²) in [5, 5.41) is 12.4. The molecule has 13 heavy (non-hydrogen) atoms. The van der Waals surface area contributed by atoms with Gasteiger partial charge in [0.05, 0.1) is 11.7 Å². The van der Waals surface area contributed by atoms with E-state index in [4.69, 9.17) is 16.7 Å². The predicted molar refractivity (Wildman–Crippen MR) is 54.3 cm³/mol. The molecule has 74 valence electrons. The molecule has 1 rings (SSSR count). The highest BCUT2D eigenvalue weighted by Crippen LogP contribution is 2.20. The number of aliphatic hydroxyl groups is 1. The van der Waals surface area contributed by atoms with E-state index in [0.717, 1.165) is 11.7 Å². The van der Waals surface area contributed by atoms with Crippen LogP contribution < -0.4 is 5.32 Å². The van der Waals surface area contributed by atoms with Crippen LogP contribution in [0.1, 0.15) is 13.8 Å². The number of hydrogen-bond acceptors (Lipinski definition) is 5. The number of anilines is 1. The van der Waals surface area contributed by atoms with Crippen molar-refractivity contribution in [1.82, 2.24) is 8.75 Å². The van der Waals surface area contributed by atoms with Crippen molar-refractivity contribution in [3.63, 3.8) is 0 Å². The van der Waals surface area contributed by atoms with Crippen LogP contribution in [0.25, 0.3) is 0 Å². The van der Waals surface area contributed by atoms with Gasteiger partial charge in [0.25, 0.3) is 0 Å². The third-order valence-corrected chi connectivity index (χ3v) is 2.85. The molecule has 0 spiro atoms. The highest BCUT2D eigenvalue weighted by atomic mass is 35.5. The predicted octanol–water partition coefficient (Wildman–Crippen LogP) is 1.62. The molecule has 4 nitrogen and oxygen atoms in total. The molecule has 0 radical (unpaired) electrons. The smallest absolute Gasteiger partial charge is 0.186 e. The van der Waals surface area contributed by atoms with E-state index in [1.165, 1.54) is 0 Å². The van der Waals surface area contributed by atoms with Gasteiger partial charge < -0.3 is 10.4 Å². The maximum atomic E-state index is 8.90. The zero-order valence-corrected chi connectivity index (χ0v) is 9.06. The first-order valence-electron chi connectivity index (χ1n) is 4.00. The number of aromatic nitrogens is 2. The number of rotatable bonds is 4. The fourth-order valence-electron chi connectivity index (χ4n) is 0.780. The van der Waals surface area contributed by atoms with Crippen molar-refractivity contribution >= 4 is 29.1 Å². The Bertz CT molecular complexity index is 268. The van der Waals surface area contributed by atoms with Crippen LogP contribution >= 0.6 is 23.3 Å². The lowest BCUT2D eigenvalue weighted by atomic mass is 10.1. The molecule has 6 heteroatoms. The van der Waals surface area contributed by atoms with Gasteiger partial charge in [-0.2, -0.15) is 8.75 Å². The van der Waals surface area contributed by atoms with Gasteiger partial charge in [0.2, 0.25) is 0 Å². The summed E-state index contributed by atoms with van der Waals surface area (Å²) in [4.78, 5) is 0. The van der Waals surface area contributed by atoms with E-state index in [1.54, 1.807) is 0 Å². The Kier molecular flexibility index (Phi) is 3.90. The van der Waals surface area contributed by atoms with Gasteiger partial charge in [-0.1, -0.05) is 18.5 Å². The van der Waals surface area contributed by atoms with Gasteiger partial charge in [0, 0.05) is 12.6 Å². The van der Waals surface area contributed by atoms with E-state index in [2.05, 4.69) is 14.1 Å². The Morgan fingerprint density at radius 2 is 2.23 bits per heavy atom. The third kappa shape index (κ3) is 2.79. The molecule has 0 bridgehead atoms. The molecule has 0 amide bonds. The molecule has 2 N–H and O–H groups in total. The lowest BCUT2D eigenvalue weighted by Gasteiger charge is -2.18. The second-order valence-electron chi connectivity index (χ2n) is 3.00. The Labute approximate surface area is 86.3 Å². The fourth-order valence-corrected chi connectivity index (χ4v) is 1.44. The van der Waals surface area contributed by atoms with Crippen molar-refractivity contribution in [3.8, 4) is 0 Å². The quantitative estimate of drug-likeness (QED) is 0.812. The Morgan fingerprint density at radius 1 is 1.54 bits per heavy atom. The molecular weight excluding hydrogens is 210 g/mol. The van der Waals surface area contributed by atoms with E-state index >= 15 is 0 Å². The van der Waals surface area contributed by atoms with Crippen LogP contribution in [0.4, 0.5) is 5.82 Å². The van der Waals surface area contributed by atoms with Gasteiger partial charge in [-0.3, -0.25) is 0 Å². The van der Waals surface area contributed by atoms with Crippen molar-refractivity contribution in [1.29, 1.82) is 0 Å². The van der Waals surface area contributed by atoms with Crippen LogP contribution in [0.15, 0.2) is 0 Å². The SMILES string of the molecule is CC(CO)C(C)Nc1nsnc1Cl. The topological polar surface area (TPSA) is 58.0 Å². The molecule has 0 aliphatic heterocycles. The third-order valence-electron chi connectivity index (χ3n) is 1.95. The van der Waals surface area contributed by atoms with Gasteiger partial charge in [-0.25, -0.2) is 0 Å². The minimum Gasteiger partial charge on any atom is -0.396 e. The maximum Gasteiger partial charge on any atom is 0.186 e. The summed E-state index contributed by atoms with van der Waals surface area (Å²) < 4.78 is 7.80. The van der Waals surface area contributed by atoms with Crippen LogP contribution in [0, 0.1) is 5.92 Å². The average Bonchev–Trinajstić information content (AvgIpc) is 2.50. The van der Waals surface area contributed by atoms with Crippen LogP contribution in [0.5, 0.6) is 0 Å². The molecule has 0 aliphatic rings. The summed E-state index contributed by atoms with van der Waals surface area (Å²) in [7, 11) is 0. The van der Waals surface area contributed by atoms with E-state index in [9.17, 15) is 0 Å². The summed E-state index contributed by atoms with van der Waals surface area (Å²) in [6, 6.07) is 0.131. The normalized spacial score (nSPS) is 15.4. The average molecular weight is 222 g/mol. The molecule has 0 aliphatic carbocycles. The summed E-state index contributed by atoms with van der Waals surface area (Å²) in [5.74, 6) is 0.761. The largest absolute Gasteiger partial charge is 0.396 e. The molecule has 0 aromatic carbocycles. The van der Waals surface area contributed by atoms with Crippen LogP contribution in [-0.4, -0.2) is 26.5 Å². The molecular formula is C7H12ClN3OS. The van der Waals surface area contributed by atoms with Crippen LogP contribution in [0.2, 0.25) is 5.15 Å². The lowest BCUT2D eigenvalue weighted by molar-refractivity contribution is 0.226. The second-order valence-corrected chi connectivity index (χ2v) is 3.88. The number of aliphatic hydroxyl groups excluding tert-OH is 1. The molecule has 1 aromatic rings. The zero-order chi connectivity index (χ0) is 9.84. The van der Waals surface area contributed by atoms with Gasteiger partial charge in [0.15, 0.2) is 11.0 Å². The molecule has 0 saturated carbocycles. The first-order valence-corrected chi connectivity index (χ1v) is 5.11. The van der Waals surface area contributed by atoms with Crippen molar-refractivity contribution in [2.75, 3.05) is 11.9 Å². The van der Waals surface area contributed by atoms with Gasteiger partial charge >= 0.3 is 0 Å². The summed E-state index contributed by atoms with van der Waals surface area (Å²) in [6.45, 7) is 4.06. The minimum absolute atomic E-state index is 0.131. The number of halogens is 1. The number of nitrogens with zero attached hydrogens (tertiary/aromatic N) is 2. The summed E-state index contributed by atoms with van der Waals surface area (Å²) >= 11 is 6.81. The van der Waals surface area contributed by atoms with Crippen molar-refractivity contribution < 1.29 is 5.11 Å². The second kappa shape index (κ2) is 4.74. The van der Waals surface area contributed by atoms with E-state index in [1.807, 2.05) is 13.8 Å². The van der Waals surface area contributed by atoms with Gasteiger partial charge in [-0.05, 0) is 12.8 Å².